The summed E-state index contributed by atoms with van der Waals surface area (Å²) >= 11 is 27.5. The van der Waals surface area contributed by atoms with Gasteiger partial charge in [-0.15, -0.1) is 0 Å². The maximum absolute atomic E-state index is 13.5. The van der Waals surface area contributed by atoms with Gasteiger partial charge in [-0.05, 0) is 192 Å². The highest BCUT2D eigenvalue weighted by atomic mass is 79.9. The fraction of sp³-hybridized carbons (Fsp3) is 0.217. The molecule has 15 rings (SSSR count). The van der Waals surface area contributed by atoms with Crippen LogP contribution in [0.1, 0.15) is 145 Å². The Hall–Kier alpha value is -10.6. The number of benzene rings is 8. The number of rotatable bonds is 9. The lowest BCUT2D eigenvalue weighted by atomic mass is 10.0. The van der Waals surface area contributed by atoms with E-state index in [0.29, 0.717) is 98.1 Å². The molecule has 7 heterocycles. The van der Waals surface area contributed by atoms with E-state index in [0.717, 1.165) is 78.2 Å². The summed E-state index contributed by atoms with van der Waals surface area (Å²) in [4.78, 5) is 113. The standard InChI is InChI=1S/2C22H20ClN3O2.C20H18ClN3O.C19H17BrClN3O2/c2*1-12(2)21-24-20-17(22(28)26(21)16-7-5-15(23)6-8-16)9-10-18-19(20)13(3)11-25(18)14(4)27;1-11(2)19-23-18-15(8-9-16-17(18)12(3)10-22-16)20(25)24(19)14-6-4-13(21)5-7-14;1-10(2)18-23-17-14(8-9-15(16(17)20)22-11(3)25)19(26)24(18)13-6-4-12(21)5-7-13/h5-12H,1-4H3;5-10,12H,3,11H2,1-2,4H3;4-11,22H,1-3H3;4-10H,1-3H3,(H,22,25). The Labute approximate surface area is 643 Å². The summed E-state index contributed by atoms with van der Waals surface area (Å²) in [6.07, 6.45) is 3.75. The molecular weight excluding hydrogens is 1500 g/mol. The van der Waals surface area contributed by atoms with E-state index in [4.69, 9.17) is 66.3 Å². The highest BCUT2D eigenvalue weighted by Gasteiger charge is 2.30. The summed E-state index contributed by atoms with van der Waals surface area (Å²) < 4.78 is 8.77. The van der Waals surface area contributed by atoms with Crippen molar-refractivity contribution in [3.05, 3.63) is 271 Å². The lowest BCUT2D eigenvalue weighted by molar-refractivity contribution is -0.116. The van der Waals surface area contributed by atoms with Gasteiger partial charge in [0.05, 0.1) is 94.3 Å². The van der Waals surface area contributed by atoms with Crippen molar-refractivity contribution in [2.45, 2.75) is 114 Å². The number of nitrogens with one attached hydrogen (secondary N) is 2. The molecule has 2 N–H and O–H groups in total. The zero-order valence-electron chi connectivity index (χ0n) is 61.0. The fourth-order valence-corrected chi connectivity index (χ4v) is 14.4. The van der Waals surface area contributed by atoms with Gasteiger partial charge in [-0.25, -0.2) is 19.9 Å². The number of H-pyrrole nitrogens is 1. The number of carbonyl (C=O) groups is 3. The first-order valence-corrected chi connectivity index (χ1v) is 36.9. The summed E-state index contributed by atoms with van der Waals surface area (Å²) in [5.74, 6) is 2.53. The molecule has 2 amide bonds. The van der Waals surface area contributed by atoms with Crippen LogP contribution in [0.2, 0.25) is 20.1 Å². The smallest absolute Gasteiger partial charge is 0.266 e. The predicted octanol–water partition coefficient (Wildman–Crippen LogP) is 19.5. The van der Waals surface area contributed by atoms with Crippen LogP contribution in [0.25, 0.3) is 93.7 Å². The molecule has 19 nitrogen and oxygen atoms in total. The first kappa shape index (κ1) is 76.1. The third-order valence-corrected chi connectivity index (χ3v) is 20.2. The second-order valence-electron chi connectivity index (χ2n) is 27.4. The lowest BCUT2D eigenvalue weighted by Gasteiger charge is -2.18. The van der Waals surface area contributed by atoms with Crippen molar-refractivity contribution in [1.82, 2.24) is 47.8 Å². The summed E-state index contributed by atoms with van der Waals surface area (Å²) in [6, 6.07) is 42.9. The molecule has 107 heavy (non-hydrogen) atoms. The normalized spacial score (nSPS) is 12.0. The number of aromatic amines is 1. The lowest BCUT2D eigenvalue weighted by Crippen LogP contribution is -2.26. The highest BCUT2D eigenvalue weighted by Crippen LogP contribution is 2.40. The van der Waals surface area contributed by atoms with Gasteiger partial charge in [-0.2, -0.15) is 0 Å². The molecule has 8 aromatic carbocycles. The fourth-order valence-electron chi connectivity index (χ4n) is 13.4. The van der Waals surface area contributed by atoms with E-state index in [-0.39, 0.29) is 63.6 Å². The minimum absolute atomic E-state index is 0.0131. The Morgan fingerprint density at radius 2 is 0.832 bits per heavy atom. The predicted molar refractivity (Wildman–Crippen MR) is 438 cm³/mol. The van der Waals surface area contributed by atoms with Crippen LogP contribution in [-0.4, -0.2) is 72.0 Å². The van der Waals surface area contributed by atoms with Crippen molar-refractivity contribution in [2.24, 2.45) is 0 Å². The van der Waals surface area contributed by atoms with Gasteiger partial charge in [-0.3, -0.25) is 56.4 Å². The molecule has 1 aliphatic rings. The minimum atomic E-state index is -0.191. The molecule has 0 aliphatic carbocycles. The van der Waals surface area contributed by atoms with Crippen molar-refractivity contribution in [3.8, 4) is 22.7 Å². The van der Waals surface area contributed by atoms with Crippen LogP contribution < -0.4 is 32.5 Å². The van der Waals surface area contributed by atoms with Crippen molar-refractivity contribution < 1.29 is 14.4 Å². The number of aryl methyl sites for hydroxylation is 2. The van der Waals surface area contributed by atoms with Crippen molar-refractivity contribution >= 4 is 162 Å². The Morgan fingerprint density at radius 1 is 0.467 bits per heavy atom. The van der Waals surface area contributed by atoms with E-state index in [1.165, 1.54) is 20.8 Å². The van der Waals surface area contributed by atoms with Crippen LogP contribution in [0, 0.1) is 13.8 Å². The van der Waals surface area contributed by atoms with Crippen LogP contribution in [-0.2, 0) is 9.59 Å². The third kappa shape index (κ3) is 14.6. The number of amides is 2. The first-order chi connectivity index (χ1) is 50.8. The second-order valence-corrected chi connectivity index (χ2v) is 30.0. The number of halogens is 5. The van der Waals surface area contributed by atoms with Crippen molar-refractivity contribution in [2.75, 3.05) is 16.8 Å². The molecule has 6 aromatic heterocycles. The van der Waals surface area contributed by atoms with Crippen LogP contribution in [0.5, 0.6) is 0 Å². The molecule has 0 bridgehead atoms. The van der Waals surface area contributed by atoms with Crippen LogP contribution >= 0.6 is 62.3 Å². The van der Waals surface area contributed by atoms with Gasteiger partial charge in [0.25, 0.3) is 22.2 Å². The third-order valence-electron chi connectivity index (χ3n) is 18.4. The van der Waals surface area contributed by atoms with Crippen LogP contribution in [0.3, 0.4) is 0 Å². The second kappa shape index (κ2) is 30.7. The average molecular weight is 1570 g/mol. The van der Waals surface area contributed by atoms with Gasteiger partial charge in [0, 0.05) is 98.8 Å². The van der Waals surface area contributed by atoms with Crippen molar-refractivity contribution in [3.63, 3.8) is 0 Å². The van der Waals surface area contributed by atoms with Crippen molar-refractivity contribution in [1.29, 1.82) is 0 Å². The molecule has 0 saturated carbocycles. The Morgan fingerprint density at radius 3 is 1.23 bits per heavy atom. The van der Waals surface area contributed by atoms with E-state index in [2.05, 4.69) is 32.8 Å². The largest absolute Gasteiger partial charge is 0.361 e. The van der Waals surface area contributed by atoms with Crippen LogP contribution in [0.4, 0.5) is 11.4 Å². The number of fused-ring (bicyclic) bond motifs is 10. The molecule has 0 unspecified atom stereocenters. The number of anilines is 2. The quantitative estimate of drug-likeness (QED) is 0.138. The maximum Gasteiger partial charge on any atom is 0.266 e. The zero-order chi connectivity index (χ0) is 77.0. The van der Waals surface area contributed by atoms with Gasteiger partial charge in [0.1, 0.15) is 23.3 Å². The van der Waals surface area contributed by atoms with E-state index in [9.17, 15) is 33.6 Å². The number of hydrogen-bond acceptors (Lipinski definition) is 11. The molecule has 0 radical (unpaired) electrons. The Kier molecular flexibility index (Phi) is 21.8. The minimum Gasteiger partial charge on any atom is -0.361 e. The molecule has 544 valence electrons. The monoisotopic (exact) mass is 1570 g/mol. The van der Waals surface area contributed by atoms with Crippen LogP contribution in [0.15, 0.2) is 188 Å². The average Bonchev–Trinajstić information content (AvgIpc) is 1.68. The molecule has 0 fully saturated rings. The number of aromatic nitrogens is 10. The van der Waals surface area contributed by atoms with Gasteiger partial charge in [0.15, 0.2) is 0 Å². The molecule has 1 aliphatic heterocycles. The topological polar surface area (TPSA) is 227 Å². The summed E-state index contributed by atoms with van der Waals surface area (Å²) in [7, 11) is 0. The van der Waals surface area contributed by atoms with E-state index in [1.54, 1.807) is 119 Å². The Balaban J connectivity index is 0.000000134. The van der Waals surface area contributed by atoms with E-state index < -0.39 is 0 Å². The molecule has 14 aromatic rings. The highest BCUT2D eigenvalue weighted by molar-refractivity contribution is 9.10. The van der Waals surface area contributed by atoms with E-state index >= 15 is 0 Å². The number of hydrogen-bond donors (Lipinski definition) is 2. The Bertz CT molecular complexity index is 6220. The maximum atomic E-state index is 13.5. The molecule has 0 saturated heterocycles. The van der Waals surface area contributed by atoms with Gasteiger partial charge >= 0.3 is 0 Å². The number of nitrogens with zero attached hydrogens (tertiary/aromatic N) is 10. The summed E-state index contributed by atoms with van der Waals surface area (Å²) in [6.45, 7) is 29.0. The van der Waals surface area contributed by atoms with Gasteiger partial charge in [-0.1, -0.05) is 108 Å². The first-order valence-electron chi connectivity index (χ1n) is 34.6. The molecular formula is C83H75BrCl4N12O7. The number of carbonyl (C=O) groups excluding carboxylic acids is 3. The molecule has 0 atom stereocenters. The summed E-state index contributed by atoms with van der Waals surface area (Å²) in [5, 5.41) is 9.16. The van der Waals surface area contributed by atoms with E-state index in [1.807, 2.05) is 136 Å². The summed E-state index contributed by atoms with van der Waals surface area (Å²) in [5.41, 5.74) is 11.6. The van der Waals surface area contributed by atoms with Gasteiger partial charge in [0.2, 0.25) is 17.7 Å². The molecule has 0 spiro atoms. The molecule has 24 heteroatoms. The zero-order valence-corrected chi connectivity index (χ0v) is 65.6. The van der Waals surface area contributed by atoms with Gasteiger partial charge < -0.3 is 15.2 Å². The SMILES string of the molecule is C=C1CN(C(C)=O)c2ccc3c(=O)n(-c4ccc(Cl)cc4)c(C(C)C)nc3c21.CC(=O)Nc1ccc2c(=O)n(-c3ccc(Cl)cc3)c(C(C)C)nc2c1Br.CC(=O)n1cc(C)c2c3nc(C(C)C)n(-c4ccc(Cl)cc4)c(=O)c3ccc21.Cc1c[nH]c2ccc3c(=O)n(-c4ccc(Cl)cc4)c(C(C)C)nc3c12.